The highest BCUT2D eigenvalue weighted by atomic mass is 35.5. The molecule has 132 valence electrons. The molecule has 0 radical (unpaired) electrons. The number of hydrogen-bond acceptors (Lipinski definition) is 4. The van der Waals surface area contributed by atoms with Gasteiger partial charge in [0.1, 0.15) is 6.10 Å². The lowest BCUT2D eigenvalue weighted by molar-refractivity contribution is -0.126. The van der Waals surface area contributed by atoms with Crippen LogP contribution in [0, 0.1) is 0 Å². The van der Waals surface area contributed by atoms with E-state index < -0.39 is 6.10 Å². The Bertz CT molecular complexity index is 565. The van der Waals surface area contributed by atoms with Crippen molar-refractivity contribution >= 4 is 35.7 Å². The van der Waals surface area contributed by atoms with Gasteiger partial charge in [0.15, 0.2) is 0 Å². The van der Waals surface area contributed by atoms with Gasteiger partial charge in [-0.05, 0) is 37.1 Å². The first-order valence-electron chi connectivity index (χ1n) is 7.54. The van der Waals surface area contributed by atoms with Gasteiger partial charge in [0.25, 0.3) is 5.91 Å². The van der Waals surface area contributed by atoms with Crippen molar-refractivity contribution in [3.8, 4) is 0 Å². The highest BCUT2D eigenvalue weighted by Gasteiger charge is 2.29. The van der Waals surface area contributed by atoms with E-state index in [0.717, 1.165) is 6.42 Å². The predicted molar refractivity (Wildman–Crippen MR) is 96.5 cm³/mol. The van der Waals surface area contributed by atoms with Gasteiger partial charge in [-0.25, -0.2) is 4.79 Å². The Labute approximate surface area is 147 Å². The zero-order valence-corrected chi connectivity index (χ0v) is 14.1. The zero-order valence-electron chi connectivity index (χ0n) is 13.3. The number of halogens is 1. The Morgan fingerprint density at radius 2 is 1.83 bits per heavy atom. The average molecular weight is 355 g/mol. The SMILES string of the molecule is C=CCNC(=O)Nc1ccc(NC(=O)[C@@H]2CC[C@H](CN)O2)cc1.Cl. The first kappa shape index (κ1) is 20.0. The molecule has 7 nitrogen and oxygen atoms in total. The van der Waals surface area contributed by atoms with Gasteiger partial charge in [0.05, 0.1) is 6.10 Å². The molecule has 1 aliphatic rings. The maximum atomic E-state index is 12.1. The van der Waals surface area contributed by atoms with Gasteiger partial charge in [-0.2, -0.15) is 0 Å². The Morgan fingerprint density at radius 3 is 2.38 bits per heavy atom. The third-order valence-corrected chi connectivity index (χ3v) is 3.48. The molecule has 0 spiro atoms. The van der Waals surface area contributed by atoms with Crippen LogP contribution < -0.4 is 21.7 Å². The second-order valence-corrected chi connectivity index (χ2v) is 5.25. The van der Waals surface area contributed by atoms with Crippen LogP contribution in [0.2, 0.25) is 0 Å². The number of anilines is 2. The highest BCUT2D eigenvalue weighted by molar-refractivity contribution is 5.95. The van der Waals surface area contributed by atoms with Crippen molar-refractivity contribution in [2.75, 3.05) is 23.7 Å². The number of hydrogen-bond donors (Lipinski definition) is 4. The molecule has 0 bridgehead atoms. The van der Waals surface area contributed by atoms with Crippen LogP contribution in [0.5, 0.6) is 0 Å². The molecule has 1 heterocycles. The standard InChI is InChI=1S/C16H22N4O3.ClH/c1-2-9-18-16(22)20-12-5-3-11(4-6-12)19-15(21)14-8-7-13(10-17)23-14;/h2-6,13-14H,1,7-10,17H2,(H,19,21)(H2,18,20,22);1H/t13-,14+;/m1./s1. The van der Waals surface area contributed by atoms with Gasteiger partial charge in [0.2, 0.25) is 0 Å². The van der Waals surface area contributed by atoms with Crippen LogP contribution in [0.4, 0.5) is 16.2 Å². The number of nitrogens with two attached hydrogens (primary N) is 1. The van der Waals surface area contributed by atoms with Crippen LogP contribution in [-0.4, -0.2) is 37.2 Å². The predicted octanol–water partition coefficient (Wildman–Crippen LogP) is 1.86. The molecule has 1 fully saturated rings. The minimum atomic E-state index is -0.453. The first-order valence-corrected chi connectivity index (χ1v) is 7.54. The van der Waals surface area contributed by atoms with E-state index in [9.17, 15) is 9.59 Å². The third-order valence-electron chi connectivity index (χ3n) is 3.48. The van der Waals surface area contributed by atoms with Crippen molar-refractivity contribution in [3.63, 3.8) is 0 Å². The van der Waals surface area contributed by atoms with E-state index in [0.29, 0.717) is 30.9 Å². The fraction of sp³-hybridized carbons (Fsp3) is 0.375. The molecule has 1 aromatic rings. The molecular formula is C16H23ClN4O3. The van der Waals surface area contributed by atoms with Crippen LogP contribution >= 0.6 is 12.4 Å². The van der Waals surface area contributed by atoms with Crippen LogP contribution in [0.1, 0.15) is 12.8 Å². The Balaban J connectivity index is 0.00000288. The topological polar surface area (TPSA) is 105 Å². The van der Waals surface area contributed by atoms with Gasteiger partial charge >= 0.3 is 6.03 Å². The summed E-state index contributed by atoms with van der Waals surface area (Å²) in [5.74, 6) is -0.176. The quantitative estimate of drug-likeness (QED) is 0.585. The van der Waals surface area contributed by atoms with E-state index in [4.69, 9.17) is 10.5 Å². The number of benzene rings is 1. The van der Waals surface area contributed by atoms with Crippen molar-refractivity contribution in [2.24, 2.45) is 5.73 Å². The number of urea groups is 1. The minimum Gasteiger partial charge on any atom is -0.364 e. The molecular weight excluding hydrogens is 332 g/mol. The van der Waals surface area contributed by atoms with Crippen molar-refractivity contribution in [1.29, 1.82) is 0 Å². The molecule has 1 aliphatic heterocycles. The monoisotopic (exact) mass is 354 g/mol. The Hall–Kier alpha value is -2.09. The van der Waals surface area contributed by atoms with E-state index in [1.54, 1.807) is 30.3 Å². The summed E-state index contributed by atoms with van der Waals surface area (Å²) in [5.41, 5.74) is 6.81. The van der Waals surface area contributed by atoms with E-state index in [-0.39, 0.29) is 30.4 Å². The minimum absolute atomic E-state index is 0. The van der Waals surface area contributed by atoms with E-state index in [1.807, 2.05) is 0 Å². The lowest BCUT2D eigenvalue weighted by Crippen LogP contribution is -2.30. The smallest absolute Gasteiger partial charge is 0.319 e. The van der Waals surface area contributed by atoms with Crippen LogP contribution in [0.25, 0.3) is 0 Å². The number of ether oxygens (including phenoxy) is 1. The third kappa shape index (κ3) is 5.84. The number of carbonyl (C=O) groups excluding carboxylic acids is 2. The summed E-state index contributed by atoms with van der Waals surface area (Å²) < 4.78 is 5.55. The summed E-state index contributed by atoms with van der Waals surface area (Å²) in [6.45, 7) is 4.34. The lowest BCUT2D eigenvalue weighted by Gasteiger charge is -2.13. The molecule has 2 atom stereocenters. The largest absolute Gasteiger partial charge is 0.364 e. The van der Waals surface area contributed by atoms with Gasteiger partial charge in [-0.3, -0.25) is 4.79 Å². The van der Waals surface area contributed by atoms with Gasteiger partial charge in [0, 0.05) is 24.5 Å². The summed E-state index contributed by atoms with van der Waals surface area (Å²) in [6, 6.07) is 6.55. The van der Waals surface area contributed by atoms with Crippen molar-refractivity contribution in [3.05, 3.63) is 36.9 Å². The second kappa shape index (κ2) is 9.92. The zero-order chi connectivity index (χ0) is 16.7. The lowest BCUT2D eigenvalue weighted by atomic mass is 10.2. The summed E-state index contributed by atoms with van der Waals surface area (Å²) in [5, 5.41) is 8.08. The Morgan fingerprint density at radius 1 is 1.21 bits per heavy atom. The fourth-order valence-electron chi connectivity index (χ4n) is 2.27. The second-order valence-electron chi connectivity index (χ2n) is 5.25. The molecule has 0 aliphatic carbocycles. The molecule has 1 saturated heterocycles. The van der Waals surface area contributed by atoms with Crippen LogP contribution in [-0.2, 0) is 9.53 Å². The molecule has 8 heteroatoms. The molecule has 1 aromatic carbocycles. The maximum Gasteiger partial charge on any atom is 0.319 e. The van der Waals surface area contributed by atoms with Gasteiger partial charge in [-0.15, -0.1) is 19.0 Å². The van der Waals surface area contributed by atoms with Crippen LogP contribution in [0.3, 0.4) is 0 Å². The average Bonchev–Trinajstić information content (AvgIpc) is 3.04. The number of rotatable bonds is 6. The van der Waals surface area contributed by atoms with E-state index in [2.05, 4.69) is 22.5 Å². The molecule has 24 heavy (non-hydrogen) atoms. The van der Waals surface area contributed by atoms with Crippen molar-refractivity contribution in [1.82, 2.24) is 5.32 Å². The number of nitrogens with one attached hydrogen (secondary N) is 3. The maximum absolute atomic E-state index is 12.1. The van der Waals surface area contributed by atoms with Crippen molar-refractivity contribution < 1.29 is 14.3 Å². The van der Waals surface area contributed by atoms with E-state index in [1.165, 1.54) is 0 Å². The summed E-state index contributed by atoms with van der Waals surface area (Å²) in [6.07, 6.45) is 2.59. The number of carbonyl (C=O) groups is 2. The summed E-state index contributed by atoms with van der Waals surface area (Å²) in [4.78, 5) is 23.6. The molecule has 5 N–H and O–H groups in total. The Kier molecular flexibility index (Phi) is 8.25. The molecule has 0 saturated carbocycles. The number of amides is 3. The molecule has 3 amide bonds. The van der Waals surface area contributed by atoms with Gasteiger partial charge in [-0.1, -0.05) is 6.08 Å². The van der Waals surface area contributed by atoms with Gasteiger partial charge < -0.3 is 26.4 Å². The van der Waals surface area contributed by atoms with Crippen LogP contribution in [0.15, 0.2) is 36.9 Å². The first-order chi connectivity index (χ1) is 11.1. The molecule has 2 rings (SSSR count). The molecule has 0 aromatic heterocycles. The van der Waals surface area contributed by atoms with Crippen molar-refractivity contribution in [2.45, 2.75) is 25.0 Å². The molecule has 0 unspecified atom stereocenters. The highest BCUT2D eigenvalue weighted by Crippen LogP contribution is 2.21. The normalized spacial score (nSPS) is 19.0. The summed E-state index contributed by atoms with van der Waals surface area (Å²) in [7, 11) is 0. The summed E-state index contributed by atoms with van der Waals surface area (Å²) >= 11 is 0. The van der Waals surface area contributed by atoms with E-state index >= 15 is 0 Å². The fourth-order valence-corrected chi connectivity index (χ4v) is 2.27.